The van der Waals surface area contributed by atoms with Crippen molar-refractivity contribution in [2.45, 2.75) is 47.0 Å². The Balaban J connectivity index is 2.86. The Morgan fingerprint density at radius 1 is 1.04 bits per heavy atom. The molecule has 2 N–H and O–H groups in total. The Morgan fingerprint density at radius 3 is 2.25 bits per heavy atom. The molecule has 0 heterocycles. The number of nitrogens with one attached hydrogen (secondary N) is 1. The summed E-state index contributed by atoms with van der Waals surface area (Å²) in [5.74, 6) is -1.33. The molecule has 5 nitrogen and oxygen atoms in total. The Morgan fingerprint density at radius 2 is 1.71 bits per heavy atom. The van der Waals surface area contributed by atoms with Crippen LogP contribution in [0.2, 0.25) is 0 Å². The molecule has 1 aromatic carbocycles. The van der Waals surface area contributed by atoms with E-state index in [-0.39, 0.29) is 22.8 Å². The first-order chi connectivity index (χ1) is 11.2. The van der Waals surface area contributed by atoms with E-state index in [9.17, 15) is 19.5 Å². The van der Waals surface area contributed by atoms with Gasteiger partial charge < -0.3 is 10.4 Å². The lowest BCUT2D eigenvalue weighted by Gasteiger charge is -2.11. The first kappa shape index (κ1) is 19.9. The zero-order valence-corrected chi connectivity index (χ0v) is 14.9. The zero-order valence-electron chi connectivity index (χ0n) is 14.9. The van der Waals surface area contributed by atoms with Crippen LogP contribution in [0.25, 0.3) is 0 Å². The number of carboxylic acid groups (broad SMARTS) is 1. The van der Waals surface area contributed by atoms with E-state index in [1.807, 2.05) is 0 Å². The molecule has 1 aromatic rings. The van der Waals surface area contributed by atoms with Gasteiger partial charge in [0.25, 0.3) is 5.91 Å². The number of ketones is 1. The van der Waals surface area contributed by atoms with Gasteiger partial charge in [-0.1, -0.05) is 46.6 Å². The second kappa shape index (κ2) is 9.21. The fourth-order valence-electron chi connectivity index (χ4n) is 2.38. The molecular weight excluding hydrogens is 306 g/mol. The third-order valence-electron chi connectivity index (χ3n) is 3.80. The van der Waals surface area contributed by atoms with Gasteiger partial charge in [0.05, 0.1) is 11.1 Å². The average molecular weight is 333 g/mol. The van der Waals surface area contributed by atoms with Gasteiger partial charge in [-0.3, -0.25) is 9.59 Å². The number of Topliss-reactive ketones (excluding diaryl/α,β-unsaturated/α-hetero) is 1. The van der Waals surface area contributed by atoms with E-state index >= 15 is 0 Å². The fourth-order valence-corrected chi connectivity index (χ4v) is 2.38. The first-order valence-corrected chi connectivity index (χ1v) is 8.43. The molecular formula is C19H27NO4. The van der Waals surface area contributed by atoms with Crippen LogP contribution >= 0.6 is 0 Å². The minimum atomic E-state index is -1.18. The lowest BCUT2D eigenvalue weighted by molar-refractivity contribution is 0.0690. The Bertz CT molecular complexity index is 605. The maximum absolute atomic E-state index is 12.3. The van der Waals surface area contributed by atoms with Crippen LogP contribution in [-0.4, -0.2) is 29.3 Å². The van der Waals surface area contributed by atoms with Gasteiger partial charge in [0.2, 0.25) is 0 Å². The number of hydrogen-bond acceptors (Lipinski definition) is 3. The molecule has 0 atom stereocenters. The molecule has 1 amide bonds. The van der Waals surface area contributed by atoms with Crippen molar-refractivity contribution in [1.29, 1.82) is 0 Å². The summed E-state index contributed by atoms with van der Waals surface area (Å²) >= 11 is 0. The second-order valence-corrected chi connectivity index (χ2v) is 6.73. The van der Waals surface area contributed by atoms with Gasteiger partial charge in [-0.15, -0.1) is 0 Å². The monoisotopic (exact) mass is 333 g/mol. The topological polar surface area (TPSA) is 83.5 Å². The van der Waals surface area contributed by atoms with Crippen LogP contribution in [0.3, 0.4) is 0 Å². The molecule has 132 valence electrons. The van der Waals surface area contributed by atoms with Gasteiger partial charge in [-0.2, -0.15) is 0 Å². The van der Waals surface area contributed by atoms with Crippen LogP contribution in [0.5, 0.6) is 0 Å². The van der Waals surface area contributed by atoms with Crippen LogP contribution in [0.1, 0.15) is 78.0 Å². The smallest absolute Gasteiger partial charge is 0.336 e. The molecule has 0 aromatic heterocycles. The summed E-state index contributed by atoms with van der Waals surface area (Å²) in [5.41, 5.74) is 0.313. The third-order valence-corrected chi connectivity index (χ3v) is 3.80. The molecule has 0 saturated carbocycles. The van der Waals surface area contributed by atoms with Gasteiger partial charge in [0, 0.05) is 18.0 Å². The quantitative estimate of drug-likeness (QED) is 0.532. The number of amides is 1. The van der Waals surface area contributed by atoms with Crippen LogP contribution in [0, 0.1) is 11.8 Å². The Kier molecular flexibility index (Phi) is 7.62. The van der Waals surface area contributed by atoms with Crippen molar-refractivity contribution in [3.05, 3.63) is 34.9 Å². The standard InChI is InChI=1S/C19H27NO4/c1-12(2)7-5-6-10-20-18(22)16-11-14(17(21)13(3)4)8-9-15(16)19(23)24/h8-9,11-13H,5-7,10H2,1-4H3,(H,20,22)(H,23,24). The minimum Gasteiger partial charge on any atom is -0.478 e. The molecule has 0 aliphatic carbocycles. The minimum absolute atomic E-state index is 0.0397. The van der Waals surface area contributed by atoms with Gasteiger partial charge in [-0.05, 0) is 24.5 Å². The van der Waals surface area contributed by atoms with E-state index in [0.29, 0.717) is 18.0 Å². The van der Waals surface area contributed by atoms with E-state index in [1.54, 1.807) is 13.8 Å². The fraction of sp³-hybridized carbons (Fsp3) is 0.526. The molecule has 0 aliphatic rings. The normalized spacial score (nSPS) is 10.9. The number of hydrogen-bond donors (Lipinski definition) is 2. The average Bonchev–Trinajstić information content (AvgIpc) is 2.52. The third kappa shape index (κ3) is 5.80. The molecule has 0 fully saturated rings. The van der Waals surface area contributed by atoms with E-state index < -0.39 is 11.9 Å². The van der Waals surface area contributed by atoms with Crippen molar-refractivity contribution in [1.82, 2.24) is 5.32 Å². The van der Waals surface area contributed by atoms with Crippen LogP contribution in [0.15, 0.2) is 18.2 Å². The number of benzene rings is 1. The van der Waals surface area contributed by atoms with Crippen molar-refractivity contribution in [3.63, 3.8) is 0 Å². The molecule has 0 saturated heterocycles. The maximum Gasteiger partial charge on any atom is 0.336 e. The molecule has 0 spiro atoms. The Hall–Kier alpha value is -2.17. The van der Waals surface area contributed by atoms with E-state index in [1.165, 1.54) is 18.2 Å². The predicted octanol–water partition coefficient (Wildman–Crippen LogP) is 3.78. The number of aromatic carboxylic acids is 1. The van der Waals surface area contributed by atoms with Crippen LogP contribution in [-0.2, 0) is 0 Å². The first-order valence-electron chi connectivity index (χ1n) is 8.43. The summed E-state index contributed by atoms with van der Waals surface area (Å²) in [5, 5.41) is 12.0. The number of carbonyl (C=O) groups excluding carboxylic acids is 2. The molecule has 5 heteroatoms. The van der Waals surface area contributed by atoms with Gasteiger partial charge in [0.1, 0.15) is 0 Å². The Labute approximate surface area is 143 Å². The maximum atomic E-state index is 12.3. The molecule has 0 aliphatic heterocycles. The largest absolute Gasteiger partial charge is 0.478 e. The van der Waals surface area contributed by atoms with Crippen molar-refractivity contribution in [2.24, 2.45) is 11.8 Å². The molecule has 0 bridgehead atoms. The highest BCUT2D eigenvalue weighted by Crippen LogP contribution is 2.16. The van der Waals surface area contributed by atoms with E-state index in [0.717, 1.165) is 19.3 Å². The molecule has 0 radical (unpaired) electrons. The molecule has 1 rings (SSSR count). The number of unbranched alkanes of at least 4 members (excludes halogenated alkanes) is 1. The van der Waals surface area contributed by atoms with Crippen LogP contribution < -0.4 is 5.32 Å². The highest BCUT2D eigenvalue weighted by atomic mass is 16.4. The predicted molar refractivity (Wildman–Crippen MR) is 93.6 cm³/mol. The van der Waals surface area contributed by atoms with Gasteiger partial charge >= 0.3 is 5.97 Å². The highest BCUT2D eigenvalue weighted by Gasteiger charge is 2.20. The van der Waals surface area contributed by atoms with Crippen molar-refractivity contribution in [2.75, 3.05) is 6.54 Å². The SMILES string of the molecule is CC(C)CCCCNC(=O)c1cc(C(=O)C(C)C)ccc1C(=O)O. The van der Waals surface area contributed by atoms with Crippen molar-refractivity contribution >= 4 is 17.7 Å². The van der Waals surface area contributed by atoms with Gasteiger partial charge in [-0.25, -0.2) is 4.79 Å². The van der Waals surface area contributed by atoms with Crippen LogP contribution in [0.4, 0.5) is 0 Å². The van der Waals surface area contributed by atoms with Crippen molar-refractivity contribution < 1.29 is 19.5 Å². The second-order valence-electron chi connectivity index (χ2n) is 6.73. The molecule has 24 heavy (non-hydrogen) atoms. The summed E-state index contributed by atoms with van der Waals surface area (Å²) < 4.78 is 0. The molecule has 0 unspecified atom stereocenters. The number of carboxylic acids is 1. The van der Waals surface area contributed by atoms with Gasteiger partial charge in [0.15, 0.2) is 5.78 Å². The lowest BCUT2D eigenvalue weighted by Crippen LogP contribution is -2.27. The summed E-state index contributed by atoms with van der Waals surface area (Å²) in [6.45, 7) is 8.32. The zero-order chi connectivity index (χ0) is 18.3. The number of carbonyl (C=O) groups is 3. The summed E-state index contributed by atoms with van der Waals surface area (Å²) in [6, 6.07) is 4.17. The summed E-state index contributed by atoms with van der Waals surface area (Å²) in [4.78, 5) is 35.7. The summed E-state index contributed by atoms with van der Waals surface area (Å²) in [6.07, 6.45) is 2.95. The highest BCUT2D eigenvalue weighted by molar-refractivity contribution is 6.07. The van der Waals surface area contributed by atoms with E-state index in [2.05, 4.69) is 19.2 Å². The summed E-state index contributed by atoms with van der Waals surface area (Å²) in [7, 11) is 0. The number of rotatable bonds is 9. The lowest BCUT2D eigenvalue weighted by atomic mass is 9.96. The van der Waals surface area contributed by atoms with Crippen molar-refractivity contribution in [3.8, 4) is 0 Å². The van der Waals surface area contributed by atoms with E-state index in [4.69, 9.17) is 0 Å².